The molecule has 0 saturated carbocycles. The van der Waals surface area contributed by atoms with Gasteiger partial charge in [-0.3, -0.25) is 4.98 Å². The second-order valence-electron chi connectivity index (χ2n) is 6.87. The Balaban J connectivity index is 2.38. The fourth-order valence-corrected chi connectivity index (χ4v) is 2.84. The number of halogens is 7. The second kappa shape index (κ2) is 9.75. The van der Waals surface area contributed by atoms with Crippen molar-refractivity contribution >= 4 is 5.57 Å². The van der Waals surface area contributed by atoms with Crippen LogP contribution >= 0.6 is 0 Å². The number of nitrogens with two attached hydrogens (primary N) is 1. The molecule has 0 amide bonds. The smallest absolute Gasteiger partial charge is 0.406 e. The van der Waals surface area contributed by atoms with Crippen LogP contribution in [0.15, 0.2) is 67.1 Å². The van der Waals surface area contributed by atoms with Gasteiger partial charge < -0.3 is 15.6 Å². The monoisotopic (exact) mass is 476 g/mol. The molecule has 0 unspecified atom stereocenters. The van der Waals surface area contributed by atoms with Crippen LogP contribution in [0.3, 0.4) is 0 Å². The molecule has 178 valence electrons. The fraction of sp³-hybridized carbons (Fsp3) is 0.227. The van der Waals surface area contributed by atoms with E-state index in [-0.39, 0.29) is 5.56 Å². The Hall–Kier alpha value is -3.18. The van der Waals surface area contributed by atoms with Crippen LogP contribution in [-0.2, 0) is 16.3 Å². The summed E-state index contributed by atoms with van der Waals surface area (Å²) in [7, 11) is 0. The topological polar surface area (TPSA) is 68.4 Å². The highest BCUT2D eigenvalue weighted by molar-refractivity contribution is 5.64. The Kier molecular flexibility index (Phi) is 7.71. The summed E-state index contributed by atoms with van der Waals surface area (Å²) < 4.78 is 98.2. The predicted octanol–water partition coefficient (Wildman–Crippen LogP) is 5.31. The van der Waals surface area contributed by atoms with Crippen molar-refractivity contribution in [1.29, 1.82) is 0 Å². The molecule has 0 aliphatic heterocycles. The average Bonchev–Trinajstić information content (AvgIpc) is 2.75. The lowest BCUT2D eigenvalue weighted by Gasteiger charge is -2.35. The summed E-state index contributed by atoms with van der Waals surface area (Å²) in [5, 5.41) is 10.6. The zero-order chi connectivity index (χ0) is 25.0. The quantitative estimate of drug-likeness (QED) is 0.308. The van der Waals surface area contributed by atoms with Gasteiger partial charge in [0.2, 0.25) is 0 Å². The van der Waals surface area contributed by atoms with E-state index in [2.05, 4.69) is 16.3 Å². The first-order valence-corrected chi connectivity index (χ1v) is 9.24. The van der Waals surface area contributed by atoms with Crippen molar-refractivity contribution in [2.75, 3.05) is 6.54 Å². The van der Waals surface area contributed by atoms with Crippen LogP contribution in [0.2, 0.25) is 0 Å². The molecule has 0 spiro atoms. The highest BCUT2D eigenvalue weighted by Gasteiger charge is 2.56. The average molecular weight is 476 g/mol. The van der Waals surface area contributed by atoms with E-state index in [1.165, 1.54) is 19.1 Å². The Labute approximate surface area is 184 Å². The third kappa shape index (κ3) is 5.79. The fourth-order valence-electron chi connectivity index (χ4n) is 2.84. The van der Waals surface area contributed by atoms with Gasteiger partial charge in [0.05, 0.1) is 0 Å². The van der Waals surface area contributed by atoms with Crippen molar-refractivity contribution in [2.45, 2.75) is 24.8 Å². The molecule has 0 bridgehead atoms. The van der Waals surface area contributed by atoms with Gasteiger partial charge in [-0.05, 0) is 42.3 Å². The number of hydrogen-bond donors (Lipinski definition) is 2. The SMILES string of the molecule is C=C/C(=C\C=C(/C)c1ccc(C(F)(F)[C@](O)(CN)c2ccc(F)cc2F)nc1)OC(F)(F)F. The third-order valence-corrected chi connectivity index (χ3v) is 4.66. The van der Waals surface area contributed by atoms with Gasteiger partial charge in [0.1, 0.15) is 23.1 Å². The highest BCUT2D eigenvalue weighted by Crippen LogP contribution is 2.45. The van der Waals surface area contributed by atoms with Crippen LogP contribution in [-0.4, -0.2) is 23.0 Å². The molecule has 3 N–H and O–H groups in total. The molecule has 0 saturated heterocycles. The van der Waals surface area contributed by atoms with Gasteiger partial charge >= 0.3 is 12.3 Å². The number of benzene rings is 1. The number of nitrogens with zero attached hydrogens (tertiary/aromatic N) is 1. The predicted molar refractivity (Wildman–Crippen MR) is 107 cm³/mol. The normalized spacial score (nSPS) is 15.2. The summed E-state index contributed by atoms with van der Waals surface area (Å²) in [6.07, 6.45) is -0.897. The Morgan fingerprint density at radius 2 is 1.79 bits per heavy atom. The van der Waals surface area contributed by atoms with E-state index in [1.54, 1.807) is 0 Å². The second-order valence-corrected chi connectivity index (χ2v) is 6.87. The van der Waals surface area contributed by atoms with E-state index < -0.39 is 53.1 Å². The number of aromatic nitrogens is 1. The molecule has 1 aromatic carbocycles. The molecule has 2 aromatic rings. The van der Waals surface area contributed by atoms with Crippen molar-refractivity contribution in [3.8, 4) is 0 Å². The van der Waals surface area contributed by atoms with E-state index in [0.717, 1.165) is 24.4 Å². The summed E-state index contributed by atoms with van der Waals surface area (Å²) >= 11 is 0. The van der Waals surface area contributed by atoms with Crippen LogP contribution in [0.5, 0.6) is 0 Å². The molecule has 0 aliphatic rings. The van der Waals surface area contributed by atoms with Crippen LogP contribution in [0.25, 0.3) is 5.57 Å². The van der Waals surface area contributed by atoms with Crippen LogP contribution in [0, 0.1) is 11.6 Å². The zero-order valence-electron chi connectivity index (χ0n) is 17.1. The molecule has 0 aliphatic carbocycles. The maximum absolute atomic E-state index is 15.2. The summed E-state index contributed by atoms with van der Waals surface area (Å²) in [6, 6.07) is 3.72. The van der Waals surface area contributed by atoms with E-state index in [1.807, 2.05) is 0 Å². The van der Waals surface area contributed by atoms with Gasteiger partial charge in [0, 0.05) is 24.4 Å². The largest absolute Gasteiger partial charge is 0.573 e. The maximum Gasteiger partial charge on any atom is 0.573 e. The zero-order valence-corrected chi connectivity index (χ0v) is 17.1. The Morgan fingerprint density at radius 3 is 2.27 bits per heavy atom. The molecule has 1 atom stereocenters. The lowest BCUT2D eigenvalue weighted by molar-refractivity contribution is -0.303. The lowest BCUT2D eigenvalue weighted by Crippen LogP contribution is -2.50. The number of hydrogen-bond acceptors (Lipinski definition) is 4. The van der Waals surface area contributed by atoms with Gasteiger partial charge in [-0.1, -0.05) is 24.8 Å². The molecule has 1 heterocycles. The number of alkyl halides is 5. The van der Waals surface area contributed by atoms with Crippen molar-refractivity contribution in [3.05, 3.63) is 95.6 Å². The molecule has 1 aromatic heterocycles. The summed E-state index contributed by atoms with van der Waals surface area (Å²) in [5.41, 5.74) is 0.821. The van der Waals surface area contributed by atoms with E-state index in [9.17, 15) is 27.1 Å². The summed E-state index contributed by atoms with van der Waals surface area (Å²) in [6.45, 7) is 3.57. The van der Waals surface area contributed by atoms with Gasteiger partial charge in [0.25, 0.3) is 0 Å². The first-order valence-electron chi connectivity index (χ1n) is 9.24. The Bertz CT molecular complexity index is 1060. The molecule has 33 heavy (non-hydrogen) atoms. The first-order chi connectivity index (χ1) is 15.2. The Morgan fingerprint density at radius 1 is 1.12 bits per heavy atom. The molecule has 4 nitrogen and oxygen atoms in total. The van der Waals surface area contributed by atoms with Gasteiger partial charge in [-0.2, -0.15) is 8.78 Å². The minimum Gasteiger partial charge on any atom is -0.406 e. The van der Waals surface area contributed by atoms with Gasteiger partial charge in [-0.25, -0.2) is 8.78 Å². The molecular weight excluding hydrogens is 457 g/mol. The minimum atomic E-state index is -4.92. The number of aliphatic hydroxyl groups is 1. The molecule has 0 fully saturated rings. The lowest BCUT2D eigenvalue weighted by atomic mass is 9.84. The molecule has 2 rings (SSSR count). The number of pyridine rings is 1. The number of rotatable bonds is 8. The summed E-state index contributed by atoms with van der Waals surface area (Å²) in [5.74, 6) is -7.22. The van der Waals surface area contributed by atoms with Crippen molar-refractivity contribution in [2.24, 2.45) is 5.73 Å². The summed E-state index contributed by atoms with van der Waals surface area (Å²) in [4.78, 5) is 3.61. The third-order valence-electron chi connectivity index (χ3n) is 4.66. The molecule has 11 heteroatoms. The first kappa shape index (κ1) is 26.1. The van der Waals surface area contributed by atoms with Crippen LogP contribution in [0.1, 0.15) is 23.7 Å². The maximum atomic E-state index is 15.2. The number of allylic oxidation sites excluding steroid dienone is 4. The van der Waals surface area contributed by atoms with Crippen LogP contribution in [0.4, 0.5) is 30.7 Å². The highest BCUT2D eigenvalue weighted by atomic mass is 19.4. The van der Waals surface area contributed by atoms with E-state index in [4.69, 9.17) is 5.73 Å². The van der Waals surface area contributed by atoms with Crippen LogP contribution < -0.4 is 5.73 Å². The van der Waals surface area contributed by atoms with Gasteiger partial charge in [0.15, 0.2) is 5.60 Å². The van der Waals surface area contributed by atoms with Gasteiger partial charge in [-0.15, -0.1) is 13.2 Å². The van der Waals surface area contributed by atoms with Crippen molar-refractivity contribution in [3.63, 3.8) is 0 Å². The van der Waals surface area contributed by atoms with Crippen molar-refractivity contribution < 1.29 is 40.6 Å². The molecular formula is C22H19F7N2O2. The van der Waals surface area contributed by atoms with Crippen molar-refractivity contribution in [1.82, 2.24) is 4.98 Å². The molecule has 0 radical (unpaired) electrons. The van der Waals surface area contributed by atoms with E-state index in [0.29, 0.717) is 23.8 Å². The number of ether oxygens (including phenoxy) is 1. The minimum absolute atomic E-state index is 0.255. The van der Waals surface area contributed by atoms with E-state index >= 15 is 8.78 Å². The standard InChI is InChI=1S/C22H19F7N2O2/c1-3-16(33-22(27,28)29)7-4-13(2)14-5-9-19(31-11-14)21(25,26)20(32,12-30)17-8-6-15(23)10-18(17)24/h3-11,32H,1,12,30H2,2H3/b13-4+,16-7+/t20-/m0/s1.